The van der Waals surface area contributed by atoms with Crippen LogP contribution >= 0.6 is 0 Å². The molecule has 31 heavy (non-hydrogen) atoms. The zero-order chi connectivity index (χ0) is 22.1. The number of piperazine rings is 1. The third-order valence-corrected chi connectivity index (χ3v) is 5.64. The van der Waals surface area contributed by atoms with E-state index in [0.717, 1.165) is 42.1 Å². The molecule has 1 aliphatic heterocycles. The van der Waals surface area contributed by atoms with Crippen molar-refractivity contribution in [2.45, 2.75) is 6.54 Å². The van der Waals surface area contributed by atoms with Gasteiger partial charge in [0.25, 0.3) is 11.5 Å². The van der Waals surface area contributed by atoms with Gasteiger partial charge in [-0.15, -0.1) is 0 Å². The van der Waals surface area contributed by atoms with E-state index in [1.807, 2.05) is 12.1 Å². The Morgan fingerprint density at radius 2 is 1.77 bits per heavy atom. The number of likely N-dealkylation sites (N-methyl/N-ethyl adjacent to an activating group) is 1. The molecule has 0 atom stereocenters. The number of hydrogen-bond acceptors (Lipinski definition) is 7. The average Bonchev–Trinajstić information content (AvgIpc) is 2.80. The molecule has 4 heterocycles. The van der Waals surface area contributed by atoms with E-state index in [4.69, 9.17) is 0 Å². The van der Waals surface area contributed by atoms with Crippen LogP contribution in [0.15, 0.2) is 40.1 Å². The fourth-order valence-electron chi connectivity index (χ4n) is 3.72. The number of carbonyl (C=O) groups is 1. The van der Waals surface area contributed by atoms with Crippen LogP contribution in [0.1, 0.15) is 16.1 Å². The van der Waals surface area contributed by atoms with Crippen molar-refractivity contribution in [2.24, 2.45) is 14.1 Å². The number of aromatic nitrogens is 4. The first-order chi connectivity index (χ1) is 14.9. The molecular weight excluding hydrogens is 398 g/mol. The SMILES string of the molecule is CN1CCN(c2ncccc2CNC(=O)c2ccc3c(=O)n(C)c(=O)n(C)c3n2)CC1. The van der Waals surface area contributed by atoms with Gasteiger partial charge in [-0.2, -0.15) is 0 Å². The molecule has 0 saturated carbocycles. The summed E-state index contributed by atoms with van der Waals surface area (Å²) in [5, 5.41) is 3.16. The Morgan fingerprint density at radius 3 is 2.52 bits per heavy atom. The Labute approximate surface area is 178 Å². The van der Waals surface area contributed by atoms with Crippen LogP contribution in [-0.4, -0.2) is 63.1 Å². The number of nitrogens with one attached hydrogen (secondary N) is 1. The van der Waals surface area contributed by atoms with Crippen LogP contribution < -0.4 is 21.5 Å². The molecule has 1 fully saturated rings. The number of rotatable bonds is 4. The van der Waals surface area contributed by atoms with Crippen molar-refractivity contribution in [2.75, 3.05) is 38.1 Å². The molecule has 10 nitrogen and oxygen atoms in total. The lowest BCUT2D eigenvalue weighted by Gasteiger charge is -2.34. The van der Waals surface area contributed by atoms with Gasteiger partial charge in [-0.1, -0.05) is 6.07 Å². The van der Waals surface area contributed by atoms with E-state index < -0.39 is 11.2 Å². The van der Waals surface area contributed by atoms with E-state index in [-0.39, 0.29) is 22.6 Å². The van der Waals surface area contributed by atoms with Crippen molar-refractivity contribution in [3.05, 3.63) is 62.6 Å². The van der Waals surface area contributed by atoms with E-state index in [0.29, 0.717) is 6.54 Å². The molecule has 0 spiro atoms. The van der Waals surface area contributed by atoms with Crippen molar-refractivity contribution in [3.63, 3.8) is 0 Å². The molecule has 4 rings (SSSR count). The first-order valence-electron chi connectivity index (χ1n) is 10.1. The maximum atomic E-state index is 12.8. The zero-order valence-corrected chi connectivity index (χ0v) is 17.8. The van der Waals surface area contributed by atoms with Gasteiger partial charge in [0, 0.05) is 58.6 Å². The molecule has 3 aromatic rings. The highest BCUT2D eigenvalue weighted by atomic mass is 16.2. The maximum Gasteiger partial charge on any atom is 0.332 e. The molecule has 3 aromatic heterocycles. The van der Waals surface area contributed by atoms with Gasteiger partial charge in [0.2, 0.25) is 0 Å². The first kappa shape index (κ1) is 20.7. The highest BCUT2D eigenvalue weighted by molar-refractivity contribution is 5.94. The summed E-state index contributed by atoms with van der Waals surface area (Å²) in [5.74, 6) is 0.483. The Morgan fingerprint density at radius 1 is 1.03 bits per heavy atom. The highest BCUT2D eigenvalue weighted by Gasteiger charge is 2.19. The van der Waals surface area contributed by atoms with Crippen LogP contribution in [0.5, 0.6) is 0 Å². The van der Waals surface area contributed by atoms with E-state index >= 15 is 0 Å². The lowest BCUT2D eigenvalue weighted by atomic mass is 10.2. The molecule has 1 amide bonds. The second-order valence-corrected chi connectivity index (χ2v) is 7.73. The van der Waals surface area contributed by atoms with Gasteiger partial charge in [0.15, 0.2) is 0 Å². The molecular formula is C21H25N7O3. The molecule has 1 aliphatic rings. The van der Waals surface area contributed by atoms with E-state index in [1.54, 1.807) is 6.20 Å². The van der Waals surface area contributed by atoms with Crippen molar-refractivity contribution >= 4 is 22.8 Å². The lowest BCUT2D eigenvalue weighted by Crippen LogP contribution is -2.45. The fourth-order valence-corrected chi connectivity index (χ4v) is 3.72. The topological polar surface area (TPSA) is 105 Å². The van der Waals surface area contributed by atoms with E-state index in [1.165, 1.54) is 30.8 Å². The monoisotopic (exact) mass is 423 g/mol. The number of fused-ring (bicyclic) bond motifs is 1. The van der Waals surface area contributed by atoms with Gasteiger partial charge in [-0.25, -0.2) is 14.8 Å². The maximum absolute atomic E-state index is 12.8. The van der Waals surface area contributed by atoms with Crippen LogP contribution in [0.25, 0.3) is 11.0 Å². The lowest BCUT2D eigenvalue weighted by molar-refractivity contribution is 0.0946. The Balaban J connectivity index is 1.56. The minimum absolute atomic E-state index is 0.140. The molecule has 162 valence electrons. The smallest absolute Gasteiger partial charge is 0.332 e. The molecule has 0 radical (unpaired) electrons. The van der Waals surface area contributed by atoms with Gasteiger partial charge < -0.3 is 15.1 Å². The predicted octanol–water partition coefficient (Wildman–Crippen LogP) is -0.291. The number of anilines is 1. The summed E-state index contributed by atoms with van der Waals surface area (Å²) in [6.45, 7) is 3.97. The van der Waals surface area contributed by atoms with Crippen molar-refractivity contribution in [1.82, 2.24) is 29.3 Å². The molecule has 0 aliphatic carbocycles. The average molecular weight is 423 g/mol. The van der Waals surface area contributed by atoms with Gasteiger partial charge in [-0.3, -0.25) is 18.7 Å². The van der Waals surface area contributed by atoms with E-state index in [2.05, 4.69) is 32.1 Å². The fraction of sp³-hybridized carbons (Fsp3) is 0.381. The number of carbonyl (C=O) groups excluding carboxylic acids is 1. The number of aryl methyl sites for hydroxylation is 1. The van der Waals surface area contributed by atoms with E-state index in [9.17, 15) is 14.4 Å². The summed E-state index contributed by atoms with van der Waals surface area (Å²) in [6, 6.07) is 6.82. The highest BCUT2D eigenvalue weighted by Crippen LogP contribution is 2.18. The van der Waals surface area contributed by atoms with Crippen molar-refractivity contribution in [1.29, 1.82) is 0 Å². The quantitative estimate of drug-likeness (QED) is 0.615. The summed E-state index contributed by atoms with van der Waals surface area (Å²) >= 11 is 0. The van der Waals surface area contributed by atoms with Crippen LogP contribution in [0, 0.1) is 0 Å². The number of pyridine rings is 2. The third-order valence-electron chi connectivity index (χ3n) is 5.64. The standard InChI is InChI=1S/C21H25N7O3/c1-25-9-11-28(12-10-25)17-14(5-4-8-22-17)13-23-19(29)16-7-6-15-18(24-16)26(2)21(31)27(3)20(15)30/h4-8H,9-13H2,1-3H3,(H,23,29). The Hall–Kier alpha value is -3.53. The Kier molecular flexibility index (Phi) is 5.55. The molecule has 1 N–H and O–H groups in total. The van der Waals surface area contributed by atoms with Gasteiger partial charge >= 0.3 is 5.69 Å². The summed E-state index contributed by atoms with van der Waals surface area (Å²) in [4.78, 5) is 50.5. The van der Waals surface area contributed by atoms with Crippen LogP contribution in [0.3, 0.4) is 0 Å². The normalized spacial score (nSPS) is 14.7. The second-order valence-electron chi connectivity index (χ2n) is 7.73. The van der Waals surface area contributed by atoms with Gasteiger partial charge in [0.1, 0.15) is 17.2 Å². The predicted molar refractivity (Wildman–Crippen MR) is 117 cm³/mol. The molecule has 0 aromatic carbocycles. The number of amides is 1. The minimum atomic E-state index is -0.491. The van der Waals surface area contributed by atoms with Crippen LogP contribution in [-0.2, 0) is 20.6 Å². The third kappa shape index (κ3) is 3.93. The van der Waals surface area contributed by atoms with Gasteiger partial charge in [-0.05, 0) is 25.2 Å². The van der Waals surface area contributed by atoms with Gasteiger partial charge in [0.05, 0.1) is 5.39 Å². The number of nitrogens with zero attached hydrogens (tertiary/aromatic N) is 6. The molecule has 1 saturated heterocycles. The summed E-state index contributed by atoms with van der Waals surface area (Å²) < 4.78 is 2.28. The largest absolute Gasteiger partial charge is 0.354 e. The van der Waals surface area contributed by atoms with Crippen molar-refractivity contribution < 1.29 is 4.79 Å². The number of hydrogen-bond donors (Lipinski definition) is 1. The summed E-state index contributed by atoms with van der Waals surface area (Å²) in [5.41, 5.74) is 0.308. The summed E-state index contributed by atoms with van der Waals surface area (Å²) in [7, 11) is 5.03. The molecule has 0 bridgehead atoms. The van der Waals surface area contributed by atoms with Crippen LogP contribution in [0.2, 0.25) is 0 Å². The Bertz CT molecular complexity index is 1260. The molecule has 0 unspecified atom stereocenters. The summed E-state index contributed by atoms with van der Waals surface area (Å²) in [6.07, 6.45) is 1.75. The van der Waals surface area contributed by atoms with Crippen LogP contribution in [0.4, 0.5) is 5.82 Å². The zero-order valence-electron chi connectivity index (χ0n) is 17.8. The second kappa shape index (κ2) is 8.31. The minimum Gasteiger partial charge on any atom is -0.354 e. The first-order valence-corrected chi connectivity index (χ1v) is 10.1. The van der Waals surface area contributed by atoms with Crippen molar-refractivity contribution in [3.8, 4) is 0 Å². The molecule has 10 heteroatoms.